The maximum Gasteiger partial charge on any atom is 0.227 e. The van der Waals surface area contributed by atoms with Crippen LogP contribution in [0.25, 0.3) is 0 Å². The zero-order valence-corrected chi connectivity index (χ0v) is 11.2. The van der Waals surface area contributed by atoms with Crippen molar-refractivity contribution in [1.82, 2.24) is 5.32 Å². The average molecular weight is 254 g/mol. The third kappa shape index (κ3) is 4.78. The fourth-order valence-corrected chi connectivity index (χ4v) is 1.71. The van der Waals surface area contributed by atoms with Gasteiger partial charge in [0.05, 0.1) is 5.92 Å². The molecule has 0 heterocycles. The number of carbonyl (C=O) groups excluding carboxylic acids is 1. The van der Waals surface area contributed by atoms with Gasteiger partial charge in [0.15, 0.2) is 0 Å². The van der Waals surface area contributed by atoms with E-state index in [1.807, 2.05) is 44.2 Å². The highest BCUT2D eigenvalue weighted by Crippen LogP contribution is 2.14. The first kappa shape index (κ1) is 14.0. The number of rotatable bonds is 6. The van der Waals surface area contributed by atoms with Crippen molar-refractivity contribution >= 4 is 17.5 Å². The van der Waals surface area contributed by atoms with Crippen LogP contribution < -0.4 is 5.32 Å². The van der Waals surface area contributed by atoms with Gasteiger partial charge in [-0.1, -0.05) is 37.3 Å². The standard InChI is InChI=1S/C14H20ClNO/c1-3-13(15)9-10-16-14(17)11(2)12-7-5-4-6-8-12/h4-8,11,13H,3,9-10H2,1-2H3,(H,16,17). The minimum Gasteiger partial charge on any atom is -0.356 e. The molecule has 0 spiro atoms. The number of carbonyl (C=O) groups is 1. The second-order valence-corrected chi connectivity index (χ2v) is 4.83. The Hall–Kier alpha value is -1.02. The van der Waals surface area contributed by atoms with Gasteiger partial charge in [0.25, 0.3) is 0 Å². The molecule has 0 saturated heterocycles. The molecule has 1 aromatic rings. The van der Waals surface area contributed by atoms with E-state index in [-0.39, 0.29) is 17.2 Å². The van der Waals surface area contributed by atoms with Crippen LogP contribution >= 0.6 is 11.6 Å². The Kier molecular flexibility index (Phi) is 6.06. The van der Waals surface area contributed by atoms with Gasteiger partial charge in [-0.25, -0.2) is 0 Å². The van der Waals surface area contributed by atoms with Crippen molar-refractivity contribution < 1.29 is 4.79 Å². The number of amides is 1. The molecule has 3 heteroatoms. The smallest absolute Gasteiger partial charge is 0.227 e. The largest absolute Gasteiger partial charge is 0.356 e. The topological polar surface area (TPSA) is 29.1 Å². The molecule has 94 valence electrons. The van der Waals surface area contributed by atoms with E-state index < -0.39 is 0 Å². The molecule has 1 amide bonds. The molecule has 0 aliphatic rings. The van der Waals surface area contributed by atoms with Crippen molar-refractivity contribution in [3.8, 4) is 0 Å². The number of nitrogens with one attached hydrogen (secondary N) is 1. The first-order valence-electron chi connectivity index (χ1n) is 6.11. The first-order chi connectivity index (χ1) is 8.15. The van der Waals surface area contributed by atoms with E-state index in [0.29, 0.717) is 6.54 Å². The number of halogens is 1. The quantitative estimate of drug-likeness (QED) is 0.775. The summed E-state index contributed by atoms with van der Waals surface area (Å²) >= 11 is 5.99. The van der Waals surface area contributed by atoms with E-state index in [1.54, 1.807) is 0 Å². The Morgan fingerprint density at radius 2 is 2.00 bits per heavy atom. The van der Waals surface area contributed by atoms with Gasteiger partial charge in [0.1, 0.15) is 0 Å². The average Bonchev–Trinajstić information content (AvgIpc) is 2.38. The second kappa shape index (κ2) is 7.33. The molecule has 1 N–H and O–H groups in total. The zero-order chi connectivity index (χ0) is 12.7. The minimum atomic E-state index is -0.105. The second-order valence-electron chi connectivity index (χ2n) is 4.22. The molecule has 17 heavy (non-hydrogen) atoms. The maximum absolute atomic E-state index is 11.9. The van der Waals surface area contributed by atoms with Crippen LogP contribution in [-0.4, -0.2) is 17.8 Å². The van der Waals surface area contributed by atoms with Gasteiger partial charge in [0, 0.05) is 11.9 Å². The van der Waals surface area contributed by atoms with Crippen LogP contribution in [0.4, 0.5) is 0 Å². The Bertz CT molecular complexity index is 339. The lowest BCUT2D eigenvalue weighted by Gasteiger charge is -2.13. The highest BCUT2D eigenvalue weighted by Gasteiger charge is 2.14. The Balaban J connectivity index is 2.38. The molecular weight excluding hydrogens is 234 g/mol. The Labute approximate surface area is 108 Å². The lowest BCUT2D eigenvalue weighted by atomic mass is 10.0. The van der Waals surface area contributed by atoms with E-state index in [9.17, 15) is 4.79 Å². The Morgan fingerprint density at radius 1 is 1.35 bits per heavy atom. The molecule has 2 unspecified atom stereocenters. The molecular formula is C14H20ClNO. The summed E-state index contributed by atoms with van der Waals surface area (Å²) in [5.41, 5.74) is 1.04. The molecule has 0 fully saturated rings. The molecule has 2 nitrogen and oxygen atoms in total. The highest BCUT2D eigenvalue weighted by atomic mass is 35.5. The van der Waals surface area contributed by atoms with Crippen molar-refractivity contribution in [2.24, 2.45) is 0 Å². The van der Waals surface area contributed by atoms with Gasteiger partial charge in [0.2, 0.25) is 5.91 Å². The predicted molar refractivity (Wildman–Crippen MR) is 72.4 cm³/mol. The van der Waals surface area contributed by atoms with Crippen molar-refractivity contribution in [2.75, 3.05) is 6.54 Å². The Morgan fingerprint density at radius 3 is 2.59 bits per heavy atom. The van der Waals surface area contributed by atoms with E-state index in [4.69, 9.17) is 11.6 Å². The molecule has 0 aliphatic carbocycles. The van der Waals surface area contributed by atoms with E-state index in [1.165, 1.54) is 0 Å². The summed E-state index contributed by atoms with van der Waals surface area (Å²) in [6, 6.07) is 9.80. The summed E-state index contributed by atoms with van der Waals surface area (Å²) in [7, 11) is 0. The molecule has 0 aliphatic heterocycles. The van der Waals surface area contributed by atoms with Crippen LogP contribution in [0.1, 0.15) is 38.2 Å². The van der Waals surface area contributed by atoms with Gasteiger partial charge in [-0.15, -0.1) is 11.6 Å². The molecule has 1 aromatic carbocycles. The summed E-state index contributed by atoms with van der Waals surface area (Å²) < 4.78 is 0. The third-order valence-electron chi connectivity index (χ3n) is 2.89. The SMILES string of the molecule is CCC(Cl)CCNC(=O)C(C)c1ccccc1. The van der Waals surface area contributed by atoms with Crippen molar-refractivity contribution in [2.45, 2.75) is 38.0 Å². The lowest BCUT2D eigenvalue weighted by Crippen LogP contribution is -2.29. The predicted octanol–water partition coefficient (Wildman–Crippen LogP) is 3.31. The third-order valence-corrected chi connectivity index (χ3v) is 3.42. The van der Waals surface area contributed by atoms with Crippen LogP contribution in [0, 0.1) is 0 Å². The number of hydrogen-bond donors (Lipinski definition) is 1. The summed E-state index contributed by atoms with van der Waals surface area (Å²) in [5, 5.41) is 3.08. The van der Waals surface area contributed by atoms with Gasteiger partial charge in [-0.2, -0.15) is 0 Å². The minimum absolute atomic E-state index is 0.0659. The monoisotopic (exact) mass is 253 g/mol. The summed E-state index contributed by atoms with van der Waals surface area (Å²) in [6.45, 7) is 4.62. The summed E-state index contributed by atoms with van der Waals surface area (Å²) in [4.78, 5) is 11.9. The van der Waals surface area contributed by atoms with Crippen molar-refractivity contribution in [1.29, 1.82) is 0 Å². The van der Waals surface area contributed by atoms with E-state index in [2.05, 4.69) is 5.32 Å². The van der Waals surface area contributed by atoms with Crippen molar-refractivity contribution in [3.05, 3.63) is 35.9 Å². The van der Waals surface area contributed by atoms with Crippen LogP contribution in [-0.2, 0) is 4.79 Å². The van der Waals surface area contributed by atoms with Crippen LogP contribution in [0.2, 0.25) is 0 Å². The zero-order valence-electron chi connectivity index (χ0n) is 10.4. The number of alkyl halides is 1. The van der Waals surface area contributed by atoms with Gasteiger partial charge < -0.3 is 5.32 Å². The van der Waals surface area contributed by atoms with Gasteiger partial charge in [-0.05, 0) is 25.3 Å². The van der Waals surface area contributed by atoms with Gasteiger partial charge >= 0.3 is 0 Å². The number of hydrogen-bond acceptors (Lipinski definition) is 1. The fourth-order valence-electron chi connectivity index (χ4n) is 1.60. The van der Waals surface area contributed by atoms with Crippen LogP contribution in [0.15, 0.2) is 30.3 Å². The van der Waals surface area contributed by atoms with E-state index >= 15 is 0 Å². The highest BCUT2D eigenvalue weighted by molar-refractivity contribution is 6.20. The summed E-state index contributed by atoms with van der Waals surface area (Å²) in [5.74, 6) is -0.0391. The molecule has 1 rings (SSSR count). The molecule has 0 radical (unpaired) electrons. The van der Waals surface area contributed by atoms with Crippen molar-refractivity contribution in [3.63, 3.8) is 0 Å². The van der Waals surface area contributed by atoms with Gasteiger partial charge in [-0.3, -0.25) is 4.79 Å². The summed E-state index contributed by atoms with van der Waals surface area (Å²) in [6.07, 6.45) is 1.76. The lowest BCUT2D eigenvalue weighted by molar-refractivity contribution is -0.122. The van der Waals surface area contributed by atoms with E-state index in [0.717, 1.165) is 18.4 Å². The first-order valence-corrected chi connectivity index (χ1v) is 6.55. The molecule has 0 saturated carbocycles. The molecule has 0 bridgehead atoms. The fraction of sp³-hybridized carbons (Fsp3) is 0.500. The maximum atomic E-state index is 11.9. The number of benzene rings is 1. The van der Waals surface area contributed by atoms with Crippen LogP contribution in [0.5, 0.6) is 0 Å². The molecule has 0 aromatic heterocycles. The van der Waals surface area contributed by atoms with Crippen LogP contribution in [0.3, 0.4) is 0 Å². The molecule has 2 atom stereocenters. The normalized spacial score (nSPS) is 14.1.